The van der Waals surface area contributed by atoms with Crippen LogP contribution >= 0.6 is 0 Å². The Balaban J connectivity index is 1.40. The third-order valence-electron chi connectivity index (χ3n) is 6.59. The molecule has 1 N–H and O–H groups in total. The molecule has 0 saturated carbocycles. The van der Waals surface area contributed by atoms with Crippen molar-refractivity contribution in [3.8, 4) is 11.8 Å². The highest BCUT2D eigenvalue weighted by molar-refractivity contribution is 5.90. The summed E-state index contributed by atoms with van der Waals surface area (Å²) in [5, 5.41) is 3.80. The molecule has 2 heterocycles. The zero-order chi connectivity index (χ0) is 25.5. The summed E-state index contributed by atoms with van der Waals surface area (Å²) in [5.41, 5.74) is 3.79. The highest BCUT2D eigenvalue weighted by Crippen LogP contribution is 2.28. The topological polar surface area (TPSA) is 70.6 Å². The number of anilines is 2. The van der Waals surface area contributed by atoms with Crippen LogP contribution in [0.4, 0.5) is 16.3 Å². The van der Waals surface area contributed by atoms with Gasteiger partial charge in [-0.15, -0.1) is 0 Å². The van der Waals surface area contributed by atoms with E-state index in [2.05, 4.69) is 70.7 Å². The van der Waals surface area contributed by atoms with E-state index < -0.39 is 6.09 Å². The van der Waals surface area contributed by atoms with Gasteiger partial charge in [0.15, 0.2) is 0 Å². The Hall–Kier alpha value is -3.63. The van der Waals surface area contributed by atoms with E-state index in [9.17, 15) is 4.79 Å². The summed E-state index contributed by atoms with van der Waals surface area (Å²) in [7, 11) is 0. The molecule has 3 aromatic rings. The summed E-state index contributed by atoms with van der Waals surface area (Å²) >= 11 is 0. The summed E-state index contributed by atoms with van der Waals surface area (Å²) in [6, 6.07) is 13.9. The van der Waals surface area contributed by atoms with Crippen molar-refractivity contribution in [2.45, 2.75) is 46.1 Å². The minimum atomic E-state index is -0.433. The number of nitrogens with one attached hydrogen (secondary N) is 1. The monoisotopic (exact) mass is 485 g/mol. The summed E-state index contributed by atoms with van der Waals surface area (Å²) < 4.78 is 5.72. The molecular formula is C29H35N5O2. The second-order valence-corrected chi connectivity index (χ2v) is 9.36. The lowest BCUT2D eigenvalue weighted by Gasteiger charge is -2.19. The third kappa shape index (κ3) is 6.32. The second-order valence-electron chi connectivity index (χ2n) is 9.36. The molecule has 1 saturated heterocycles. The lowest BCUT2D eigenvalue weighted by atomic mass is 10.0. The van der Waals surface area contributed by atoms with Crippen LogP contribution in [0.5, 0.6) is 0 Å². The molecular weight excluding hydrogens is 450 g/mol. The van der Waals surface area contributed by atoms with Gasteiger partial charge in [0.1, 0.15) is 18.2 Å². The van der Waals surface area contributed by atoms with Gasteiger partial charge in [0.25, 0.3) is 0 Å². The van der Waals surface area contributed by atoms with Crippen LogP contribution in [-0.4, -0.2) is 59.8 Å². The van der Waals surface area contributed by atoms with Crippen LogP contribution in [0, 0.1) is 11.8 Å². The van der Waals surface area contributed by atoms with Crippen molar-refractivity contribution in [3.63, 3.8) is 0 Å². The molecule has 4 rings (SSSR count). The minimum Gasteiger partial charge on any atom is -0.444 e. The van der Waals surface area contributed by atoms with Crippen LogP contribution in [0.2, 0.25) is 0 Å². The molecule has 1 aliphatic rings. The largest absolute Gasteiger partial charge is 0.444 e. The Labute approximate surface area is 213 Å². The Morgan fingerprint density at radius 1 is 1.17 bits per heavy atom. The Morgan fingerprint density at radius 3 is 2.67 bits per heavy atom. The molecule has 1 aliphatic heterocycles. The first kappa shape index (κ1) is 25.5. The van der Waals surface area contributed by atoms with E-state index in [1.54, 1.807) is 6.33 Å². The molecule has 0 spiro atoms. The predicted molar refractivity (Wildman–Crippen MR) is 145 cm³/mol. The number of carbonyl (C=O) groups is 1. The van der Waals surface area contributed by atoms with Gasteiger partial charge < -0.3 is 9.64 Å². The standard InChI is InChI=1S/C29H35N5O2/c1-5-33(6-2)16-7-8-22-9-14-27-26(18-22)28(31-20-30-27)34-17-15-25(19-34)36-29(35)32-24-12-10-23(11-13-24)21(3)4/h9-14,18,20-21,25H,5-6,15-17,19H2,1-4H3,(H,32,35). The molecule has 0 radical (unpaired) electrons. The van der Waals surface area contributed by atoms with Crippen molar-refractivity contribution in [3.05, 3.63) is 59.9 Å². The molecule has 1 fully saturated rings. The maximum absolute atomic E-state index is 12.5. The Morgan fingerprint density at radius 2 is 1.94 bits per heavy atom. The molecule has 188 valence electrons. The molecule has 0 bridgehead atoms. The minimum absolute atomic E-state index is 0.206. The van der Waals surface area contributed by atoms with Gasteiger partial charge in [-0.3, -0.25) is 10.2 Å². The molecule has 1 amide bonds. The number of carbonyl (C=O) groups excluding carboxylic acids is 1. The number of amides is 1. The summed E-state index contributed by atoms with van der Waals surface area (Å²) in [6.45, 7) is 12.6. The fourth-order valence-corrected chi connectivity index (χ4v) is 4.34. The highest BCUT2D eigenvalue weighted by Gasteiger charge is 2.28. The first-order valence-electron chi connectivity index (χ1n) is 12.7. The van der Waals surface area contributed by atoms with E-state index in [0.717, 1.165) is 60.6 Å². The average molecular weight is 486 g/mol. The number of rotatable bonds is 7. The molecule has 0 aliphatic carbocycles. The highest BCUT2D eigenvalue weighted by atomic mass is 16.6. The van der Waals surface area contributed by atoms with Crippen molar-refractivity contribution in [2.75, 3.05) is 42.9 Å². The van der Waals surface area contributed by atoms with Crippen molar-refractivity contribution in [2.24, 2.45) is 0 Å². The van der Waals surface area contributed by atoms with Crippen LogP contribution in [-0.2, 0) is 4.74 Å². The normalized spacial score (nSPS) is 15.3. The van der Waals surface area contributed by atoms with Gasteiger partial charge in [0.2, 0.25) is 0 Å². The third-order valence-corrected chi connectivity index (χ3v) is 6.59. The smallest absolute Gasteiger partial charge is 0.411 e. The molecule has 36 heavy (non-hydrogen) atoms. The molecule has 1 atom stereocenters. The van der Waals surface area contributed by atoms with Crippen LogP contribution in [0.1, 0.15) is 51.2 Å². The van der Waals surface area contributed by atoms with Gasteiger partial charge in [0.05, 0.1) is 18.6 Å². The van der Waals surface area contributed by atoms with E-state index in [-0.39, 0.29) is 6.10 Å². The predicted octanol–water partition coefficient (Wildman–Crippen LogP) is 5.27. The SMILES string of the molecule is CCN(CC)CC#Cc1ccc2ncnc(N3CCC(OC(=O)Nc4ccc(C(C)C)cc4)C3)c2c1. The zero-order valence-electron chi connectivity index (χ0n) is 21.6. The first-order chi connectivity index (χ1) is 17.5. The lowest BCUT2D eigenvalue weighted by Crippen LogP contribution is -2.27. The Bertz CT molecular complexity index is 1240. The van der Waals surface area contributed by atoms with Crippen molar-refractivity contribution in [1.82, 2.24) is 14.9 Å². The fourth-order valence-electron chi connectivity index (χ4n) is 4.34. The molecule has 7 heteroatoms. The molecule has 7 nitrogen and oxygen atoms in total. The van der Waals surface area contributed by atoms with Crippen molar-refractivity contribution < 1.29 is 9.53 Å². The Kier molecular flexibility index (Phi) is 8.40. The number of hydrogen-bond donors (Lipinski definition) is 1. The molecule has 1 unspecified atom stereocenters. The number of hydrogen-bond acceptors (Lipinski definition) is 6. The van der Waals surface area contributed by atoms with E-state index in [4.69, 9.17) is 4.74 Å². The van der Waals surface area contributed by atoms with Crippen LogP contribution < -0.4 is 10.2 Å². The lowest BCUT2D eigenvalue weighted by molar-refractivity contribution is 0.122. The number of fused-ring (bicyclic) bond motifs is 1. The van der Waals surface area contributed by atoms with Crippen molar-refractivity contribution >= 4 is 28.5 Å². The molecule has 2 aromatic carbocycles. The average Bonchev–Trinajstić information content (AvgIpc) is 3.34. The number of aromatic nitrogens is 2. The van der Waals surface area contributed by atoms with Gasteiger partial charge >= 0.3 is 6.09 Å². The quantitative estimate of drug-likeness (QED) is 0.460. The first-order valence-corrected chi connectivity index (χ1v) is 12.7. The van der Waals surface area contributed by atoms with Gasteiger partial charge in [-0.25, -0.2) is 14.8 Å². The van der Waals surface area contributed by atoms with E-state index in [1.807, 2.05) is 36.4 Å². The fraction of sp³-hybridized carbons (Fsp3) is 0.414. The summed E-state index contributed by atoms with van der Waals surface area (Å²) in [4.78, 5) is 25.9. The van der Waals surface area contributed by atoms with Crippen LogP contribution in [0.15, 0.2) is 48.8 Å². The van der Waals surface area contributed by atoms with Gasteiger partial charge in [-0.05, 0) is 54.9 Å². The molecule has 1 aromatic heterocycles. The number of benzene rings is 2. The zero-order valence-corrected chi connectivity index (χ0v) is 21.6. The van der Waals surface area contributed by atoms with Gasteiger partial charge in [-0.1, -0.05) is 51.7 Å². The van der Waals surface area contributed by atoms with Gasteiger partial charge in [0, 0.05) is 29.6 Å². The number of nitrogens with zero attached hydrogens (tertiary/aromatic N) is 4. The van der Waals surface area contributed by atoms with Crippen LogP contribution in [0.25, 0.3) is 10.9 Å². The van der Waals surface area contributed by atoms with E-state index in [1.165, 1.54) is 5.56 Å². The van der Waals surface area contributed by atoms with Gasteiger partial charge in [-0.2, -0.15) is 0 Å². The maximum Gasteiger partial charge on any atom is 0.411 e. The van der Waals surface area contributed by atoms with Crippen molar-refractivity contribution in [1.29, 1.82) is 0 Å². The van der Waals surface area contributed by atoms with E-state index >= 15 is 0 Å². The second kappa shape index (κ2) is 11.9. The summed E-state index contributed by atoms with van der Waals surface area (Å²) in [6.07, 6.45) is 1.69. The number of ether oxygens (including phenoxy) is 1. The van der Waals surface area contributed by atoms with Crippen LogP contribution in [0.3, 0.4) is 0 Å². The maximum atomic E-state index is 12.5. The van der Waals surface area contributed by atoms with E-state index in [0.29, 0.717) is 12.5 Å². The summed E-state index contributed by atoms with van der Waals surface area (Å²) in [5.74, 6) is 7.85.